The van der Waals surface area contributed by atoms with Gasteiger partial charge in [-0.1, -0.05) is 24.3 Å². The second-order valence-corrected chi connectivity index (χ2v) is 7.82. The summed E-state index contributed by atoms with van der Waals surface area (Å²) in [4.78, 5) is 0. The van der Waals surface area contributed by atoms with Crippen LogP contribution in [-0.2, 0) is 27.1 Å². The second kappa shape index (κ2) is 8.52. The van der Waals surface area contributed by atoms with Crippen molar-refractivity contribution in [2.75, 3.05) is 26.4 Å². The minimum Gasteiger partial charge on any atom is -0.491 e. The molecule has 2 fully saturated rings. The Morgan fingerprint density at radius 2 is 1.29 bits per heavy atom. The van der Waals surface area contributed by atoms with Crippen LogP contribution in [0.1, 0.15) is 25.0 Å². The maximum Gasteiger partial charge on any atom is 0.163 e. The van der Waals surface area contributed by atoms with Crippen LogP contribution in [0, 0.1) is 0 Å². The highest BCUT2D eigenvalue weighted by Crippen LogP contribution is 2.23. The van der Waals surface area contributed by atoms with E-state index in [-0.39, 0.29) is 12.2 Å². The summed E-state index contributed by atoms with van der Waals surface area (Å²) in [5.41, 5.74) is 2.59. The van der Waals surface area contributed by atoms with Crippen LogP contribution in [0.15, 0.2) is 48.5 Å². The molecule has 28 heavy (non-hydrogen) atoms. The van der Waals surface area contributed by atoms with E-state index >= 15 is 0 Å². The molecule has 5 heteroatoms. The predicted molar refractivity (Wildman–Crippen MR) is 106 cm³/mol. The summed E-state index contributed by atoms with van der Waals surface area (Å²) in [6, 6.07) is 16.6. The first-order chi connectivity index (χ1) is 13.6. The Hall–Kier alpha value is -2.08. The van der Waals surface area contributed by atoms with Gasteiger partial charge in [-0.05, 0) is 62.1 Å². The molecule has 150 valence electrons. The highest BCUT2D eigenvalue weighted by Gasteiger charge is 2.32. The molecule has 2 atom stereocenters. The number of aryl methyl sites for hydroxylation is 2. The number of benzene rings is 2. The lowest BCUT2D eigenvalue weighted by Gasteiger charge is -2.17. The monoisotopic (exact) mass is 384 g/mol. The first kappa shape index (κ1) is 19.2. The molecule has 2 aromatic carbocycles. The van der Waals surface area contributed by atoms with E-state index in [4.69, 9.17) is 23.7 Å². The predicted octanol–water partition coefficient (Wildman–Crippen LogP) is 3.78. The lowest BCUT2D eigenvalue weighted by atomic mass is 10.0. The highest BCUT2D eigenvalue weighted by molar-refractivity contribution is 5.30. The van der Waals surface area contributed by atoms with Crippen molar-refractivity contribution in [2.24, 2.45) is 0 Å². The van der Waals surface area contributed by atoms with Crippen molar-refractivity contribution >= 4 is 0 Å². The third-order valence-electron chi connectivity index (χ3n) is 4.89. The van der Waals surface area contributed by atoms with E-state index in [9.17, 15) is 0 Å². The van der Waals surface area contributed by atoms with Gasteiger partial charge in [-0.25, -0.2) is 0 Å². The van der Waals surface area contributed by atoms with Crippen LogP contribution in [0.3, 0.4) is 0 Å². The van der Waals surface area contributed by atoms with E-state index in [2.05, 4.69) is 24.3 Å². The molecule has 2 aromatic rings. The summed E-state index contributed by atoms with van der Waals surface area (Å²) >= 11 is 0. The minimum absolute atomic E-state index is 0.0153. The molecular formula is C23H28O5. The molecule has 4 rings (SSSR count). The standard InChI is InChI=1S/C23H28O5/c1-23(2)27-16-22(28-23)15-25-20-11-7-18(8-12-20)4-3-17-5-9-19(10-6-17)24-13-21-14-26-21/h5-12,21-22H,3-4,13-16H2,1-2H3/t21-,22-/m0/s1. The van der Waals surface area contributed by atoms with Crippen LogP contribution in [0.25, 0.3) is 0 Å². The first-order valence-electron chi connectivity index (χ1n) is 9.93. The molecule has 5 nitrogen and oxygen atoms in total. The number of ether oxygens (including phenoxy) is 5. The summed E-state index contributed by atoms with van der Waals surface area (Å²) in [7, 11) is 0. The summed E-state index contributed by atoms with van der Waals surface area (Å²) in [5, 5.41) is 0. The normalized spacial score (nSPS) is 22.8. The van der Waals surface area contributed by atoms with Crippen LogP contribution in [-0.4, -0.2) is 44.4 Å². The van der Waals surface area contributed by atoms with Gasteiger partial charge in [0.05, 0.1) is 13.2 Å². The van der Waals surface area contributed by atoms with E-state index in [1.165, 1.54) is 11.1 Å². The van der Waals surface area contributed by atoms with Crippen LogP contribution >= 0.6 is 0 Å². The molecule has 0 N–H and O–H groups in total. The fraction of sp³-hybridized carbons (Fsp3) is 0.478. The largest absolute Gasteiger partial charge is 0.491 e. The fourth-order valence-electron chi connectivity index (χ4n) is 3.18. The van der Waals surface area contributed by atoms with E-state index in [1.54, 1.807) is 0 Å². The van der Waals surface area contributed by atoms with Crippen molar-refractivity contribution in [3.05, 3.63) is 59.7 Å². The van der Waals surface area contributed by atoms with Gasteiger partial charge >= 0.3 is 0 Å². The Labute approximate surface area is 166 Å². The van der Waals surface area contributed by atoms with Crippen LogP contribution in [0.4, 0.5) is 0 Å². The summed E-state index contributed by atoms with van der Waals surface area (Å²) < 4.78 is 28.0. The molecule has 2 heterocycles. The van der Waals surface area contributed by atoms with Crippen LogP contribution in [0.2, 0.25) is 0 Å². The molecular weight excluding hydrogens is 356 g/mol. The van der Waals surface area contributed by atoms with Gasteiger partial charge in [-0.15, -0.1) is 0 Å². The molecule has 0 bridgehead atoms. The topological polar surface area (TPSA) is 49.5 Å². The van der Waals surface area contributed by atoms with Crippen molar-refractivity contribution in [3.63, 3.8) is 0 Å². The quantitative estimate of drug-likeness (QED) is 0.616. The zero-order chi connectivity index (χ0) is 19.4. The third kappa shape index (κ3) is 5.71. The zero-order valence-electron chi connectivity index (χ0n) is 16.6. The lowest BCUT2D eigenvalue weighted by Crippen LogP contribution is -2.25. The molecule has 0 aliphatic carbocycles. The Bertz CT molecular complexity index is 750. The van der Waals surface area contributed by atoms with Gasteiger partial charge < -0.3 is 23.7 Å². The van der Waals surface area contributed by atoms with Gasteiger partial charge in [0.25, 0.3) is 0 Å². The van der Waals surface area contributed by atoms with Gasteiger partial charge in [0.1, 0.15) is 36.9 Å². The molecule has 0 saturated carbocycles. The molecule has 0 radical (unpaired) electrons. The summed E-state index contributed by atoms with van der Waals surface area (Å²) in [5.74, 6) is 1.26. The molecule has 0 amide bonds. The average molecular weight is 384 g/mol. The Balaban J connectivity index is 1.19. The smallest absolute Gasteiger partial charge is 0.163 e. The van der Waals surface area contributed by atoms with Crippen molar-refractivity contribution in [1.82, 2.24) is 0 Å². The Morgan fingerprint density at radius 3 is 1.71 bits per heavy atom. The molecule has 0 aromatic heterocycles. The average Bonchev–Trinajstić information content (AvgIpc) is 3.47. The first-order valence-corrected chi connectivity index (χ1v) is 9.93. The van der Waals surface area contributed by atoms with Crippen molar-refractivity contribution in [2.45, 2.75) is 44.7 Å². The zero-order valence-corrected chi connectivity index (χ0v) is 16.6. The molecule has 2 saturated heterocycles. The van der Waals surface area contributed by atoms with Gasteiger partial charge in [0, 0.05) is 0 Å². The molecule has 2 aliphatic heterocycles. The van der Waals surface area contributed by atoms with Gasteiger partial charge in [0.2, 0.25) is 0 Å². The van der Waals surface area contributed by atoms with Gasteiger partial charge in [-0.3, -0.25) is 0 Å². The van der Waals surface area contributed by atoms with Gasteiger partial charge in [0.15, 0.2) is 5.79 Å². The minimum atomic E-state index is -0.506. The third-order valence-corrected chi connectivity index (χ3v) is 4.89. The SMILES string of the molecule is CC1(C)OC[C@H](COc2ccc(CCc3ccc(OC[C@H]4CO4)cc3)cc2)O1. The summed E-state index contributed by atoms with van der Waals surface area (Å²) in [6.45, 7) is 6.39. The number of hydrogen-bond acceptors (Lipinski definition) is 5. The fourth-order valence-corrected chi connectivity index (χ4v) is 3.18. The van der Waals surface area contributed by atoms with Gasteiger partial charge in [-0.2, -0.15) is 0 Å². The number of epoxide rings is 1. The molecule has 0 unspecified atom stereocenters. The highest BCUT2D eigenvalue weighted by atomic mass is 16.7. The Kier molecular flexibility index (Phi) is 5.85. The maximum atomic E-state index is 5.83. The summed E-state index contributed by atoms with van der Waals surface area (Å²) in [6.07, 6.45) is 2.26. The lowest BCUT2D eigenvalue weighted by molar-refractivity contribution is -0.141. The maximum absolute atomic E-state index is 5.83. The number of hydrogen-bond donors (Lipinski definition) is 0. The van der Waals surface area contributed by atoms with Crippen molar-refractivity contribution in [1.29, 1.82) is 0 Å². The van der Waals surface area contributed by atoms with Crippen LogP contribution in [0.5, 0.6) is 11.5 Å². The Morgan fingerprint density at radius 1 is 0.786 bits per heavy atom. The van der Waals surface area contributed by atoms with E-state index < -0.39 is 5.79 Å². The molecule has 2 aliphatic rings. The second-order valence-electron chi connectivity index (χ2n) is 7.82. The van der Waals surface area contributed by atoms with Crippen LogP contribution < -0.4 is 9.47 Å². The van der Waals surface area contributed by atoms with E-state index in [0.29, 0.717) is 19.8 Å². The van der Waals surface area contributed by atoms with Crippen molar-refractivity contribution < 1.29 is 23.7 Å². The molecule has 0 spiro atoms. The van der Waals surface area contributed by atoms with Crippen molar-refractivity contribution in [3.8, 4) is 11.5 Å². The number of rotatable bonds is 9. The van der Waals surface area contributed by atoms with E-state index in [1.807, 2.05) is 38.1 Å². The van der Waals surface area contributed by atoms with E-state index in [0.717, 1.165) is 30.9 Å².